The zero-order valence-electron chi connectivity index (χ0n) is 10.5. The summed E-state index contributed by atoms with van der Waals surface area (Å²) in [5.74, 6) is 0. The second kappa shape index (κ2) is 3.36. The summed E-state index contributed by atoms with van der Waals surface area (Å²) in [5, 5.41) is 4.70. The lowest BCUT2D eigenvalue weighted by Gasteiger charge is -1.93. The van der Waals surface area contributed by atoms with Gasteiger partial charge < -0.3 is 9.97 Å². The van der Waals surface area contributed by atoms with E-state index < -0.39 is 0 Å². The number of aromatic amines is 2. The monoisotopic (exact) mass is 258 g/mol. The van der Waals surface area contributed by atoms with Gasteiger partial charge in [0.1, 0.15) is 0 Å². The smallest absolute Gasteiger partial charge is 0.0711 e. The Morgan fingerprint density at radius 1 is 0.600 bits per heavy atom. The van der Waals surface area contributed by atoms with Crippen LogP contribution < -0.4 is 0 Å². The van der Waals surface area contributed by atoms with Crippen LogP contribution in [0.2, 0.25) is 0 Å². The van der Waals surface area contributed by atoms with E-state index in [4.69, 9.17) is 0 Å². The lowest BCUT2D eigenvalue weighted by atomic mass is 10.1. The van der Waals surface area contributed by atoms with Crippen molar-refractivity contribution in [2.75, 3.05) is 0 Å². The number of fused-ring (bicyclic) bond motifs is 7. The number of hydrogen-bond acceptors (Lipinski definition) is 2. The van der Waals surface area contributed by atoms with Crippen molar-refractivity contribution in [3.05, 3.63) is 49.1 Å². The Hall–Kier alpha value is -2.88. The quantitative estimate of drug-likeness (QED) is 0.444. The molecule has 94 valence electrons. The van der Waals surface area contributed by atoms with Crippen LogP contribution in [-0.4, -0.2) is 19.9 Å². The number of benzene rings is 1. The first kappa shape index (κ1) is 9.97. The van der Waals surface area contributed by atoms with Gasteiger partial charge in [0.2, 0.25) is 0 Å². The van der Waals surface area contributed by atoms with E-state index in [9.17, 15) is 0 Å². The van der Waals surface area contributed by atoms with Crippen LogP contribution in [0.3, 0.4) is 0 Å². The Bertz CT molecular complexity index is 1010. The maximum absolute atomic E-state index is 4.22. The van der Waals surface area contributed by atoms with E-state index in [1.54, 1.807) is 0 Å². The van der Waals surface area contributed by atoms with Crippen LogP contribution in [0.5, 0.6) is 0 Å². The summed E-state index contributed by atoms with van der Waals surface area (Å²) in [4.78, 5) is 15.4. The van der Waals surface area contributed by atoms with Crippen LogP contribution >= 0.6 is 0 Å². The molecule has 0 aliphatic rings. The van der Waals surface area contributed by atoms with E-state index >= 15 is 0 Å². The van der Waals surface area contributed by atoms with Crippen LogP contribution in [-0.2, 0) is 0 Å². The third-order valence-electron chi connectivity index (χ3n) is 3.95. The zero-order chi connectivity index (χ0) is 13.1. The van der Waals surface area contributed by atoms with Gasteiger partial charge >= 0.3 is 0 Å². The van der Waals surface area contributed by atoms with E-state index in [0.29, 0.717) is 0 Å². The maximum Gasteiger partial charge on any atom is 0.0711 e. The lowest BCUT2D eigenvalue weighted by Crippen LogP contribution is -1.72. The van der Waals surface area contributed by atoms with Crippen molar-refractivity contribution < 1.29 is 0 Å². The number of nitrogens with zero attached hydrogens (tertiary/aromatic N) is 2. The molecular formula is C16H10N4. The third kappa shape index (κ3) is 1.11. The SMILES string of the molecule is c1cc2[nH]c3c(ccc4c5cnccc5[nH]c43)c2cn1. The minimum atomic E-state index is 1.11. The molecule has 4 nitrogen and oxygen atoms in total. The number of nitrogens with one attached hydrogen (secondary N) is 2. The fourth-order valence-corrected chi connectivity index (χ4v) is 3.02. The molecule has 4 heterocycles. The summed E-state index contributed by atoms with van der Waals surface area (Å²) in [7, 11) is 0. The molecule has 4 aromatic heterocycles. The Kier molecular flexibility index (Phi) is 1.68. The summed E-state index contributed by atoms with van der Waals surface area (Å²) >= 11 is 0. The van der Waals surface area contributed by atoms with Gasteiger partial charge in [0, 0.05) is 57.4 Å². The molecule has 5 aromatic rings. The number of H-pyrrole nitrogens is 2. The summed E-state index contributed by atoms with van der Waals surface area (Å²) in [6, 6.07) is 8.31. The van der Waals surface area contributed by atoms with E-state index in [2.05, 4.69) is 32.1 Å². The van der Waals surface area contributed by atoms with Gasteiger partial charge in [-0.2, -0.15) is 0 Å². The third-order valence-corrected chi connectivity index (χ3v) is 3.95. The Balaban J connectivity index is 2.10. The zero-order valence-corrected chi connectivity index (χ0v) is 10.5. The first-order chi connectivity index (χ1) is 9.92. The molecule has 0 saturated carbocycles. The summed E-state index contributed by atoms with van der Waals surface area (Å²) in [5.41, 5.74) is 4.47. The Morgan fingerprint density at radius 2 is 1.10 bits per heavy atom. The van der Waals surface area contributed by atoms with Crippen molar-refractivity contribution in [1.82, 2.24) is 19.9 Å². The minimum Gasteiger partial charge on any atom is -0.353 e. The fraction of sp³-hybridized carbons (Fsp3) is 0. The van der Waals surface area contributed by atoms with Gasteiger partial charge in [0.05, 0.1) is 11.0 Å². The summed E-state index contributed by atoms with van der Waals surface area (Å²) in [6.45, 7) is 0. The van der Waals surface area contributed by atoms with Gasteiger partial charge in [-0.05, 0) is 12.1 Å². The highest BCUT2D eigenvalue weighted by molar-refractivity contribution is 6.21. The van der Waals surface area contributed by atoms with E-state index in [1.807, 2.05) is 36.9 Å². The van der Waals surface area contributed by atoms with E-state index in [1.165, 1.54) is 10.8 Å². The second-order valence-corrected chi connectivity index (χ2v) is 5.00. The Morgan fingerprint density at radius 3 is 1.60 bits per heavy atom. The number of pyridine rings is 2. The van der Waals surface area contributed by atoms with Gasteiger partial charge in [-0.1, -0.05) is 12.1 Å². The summed E-state index contributed by atoms with van der Waals surface area (Å²) < 4.78 is 0. The highest BCUT2D eigenvalue weighted by atomic mass is 14.8. The van der Waals surface area contributed by atoms with Crippen LogP contribution in [0.25, 0.3) is 43.6 Å². The summed E-state index contributed by atoms with van der Waals surface area (Å²) in [6.07, 6.45) is 7.43. The van der Waals surface area contributed by atoms with Crippen LogP contribution in [0.15, 0.2) is 49.1 Å². The van der Waals surface area contributed by atoms with Crippen LogP contribution in [0, 0.1) is 0 Å². The molecule has 0 saturated heterocycles. The van der Waals surface area contributed by atoms with E-state index in [0.717, 1.165) is 32.8 Å². The van der Waals surface area contributed by atoms with Crippen molar-refractivity contribution in [1.29, 1.82) is 0 Å². The average molecular weight is 258 g/mol. The lowest BCUT2D eigenvalue weighted by molar-refractivity contribution is 1.36. The fourth-order valence-electron chi connectivity index (χ4n) is 3.02. The molecule has 0 aliphatic heterocycles. The normalized spacial score (nSPS) is 12.0. The highest BCUT2D eigenvalue weighted by Crippen LogP contribution is 2.33. The molecule has 0 fully saturated rings. The molecule has 4 heteroatoms. The number of rotatable bonds is 0. The van der Waals surface area contributed by atoms with Crippen LogP contribution in [0.1, 0.15) is 0 Å². The van der Waals surface area contributed by atoms with Gasteiger partial charge in [-0.25, -0.2) is 0 Å². The molecule has 0 atom stereocenters. The first-order valence-electron chi connectivity index (χ1n) is 6.51. The average Bonchev–Trinajstić information content (AvgIpc) is 3.05. The maximum atomic E-state index is 4.22. The molecule has 0 spiro atoms. The molecule has 0 aliphatic carbocycles. The van der Waals surface area contributed by atoms with Gasteiger partial charge in [0.15, 0.2) is 0 Å². The van der Waals surface area contributed by atoms with Crippen molar-refractivity contribution in [2.24, 2.45) is 0 Å². The Labute approximate surface area is 113 Å². The molecule has 5 rings (SSSR count). The number of hydrogen-bond donors (Lipinski definition) is 2. The number of aromatic nitrogens is 4. The molecule has 0 bridgehead atoms. The second-order valence-electron chi connectivity index (χ2n) is 5.00. The van der Waals surface area contributed by atoms with Gasteiger partial charge in [0.25, 0.3) is 0 Å². The van der Waals surface area contributed by atoms with E-state index in [-0.39, 0.29) is 0 Å². The predicted molar refractivity (Wildman–Crippen MR) is 80.8 cm³/mol. The first-order valence-corrected chi connectivity index (χ1v) is 6.51. The molecule has 0 radical (unpaired) electrons. The van der Waals surface area contributed by atoms with Crippen LogP contribution in [0.4, 0.5) is 0 Å². The minimum absolute atomic E-state index is 1.11. The molecule has 20 heavy (non-hydrogen) atoms. The van der Waals surface area contributed by atoms with Crippen molar-refractivity contribution in [2.45, 2.75) is 0 Å². The molecule has 2 N–H and O–H groups in total. The van der Waals surface area contributed by atoms with Crippen molar-refractivity contribution in [3.8, 4) is 0 Å². The topological polar surface area (TPSA) is 57.4 Å². The molecule has 0 amide bonds. The largest absolute Gasteiger partial charge is 0.353 e. The molecular weight excluding hydrogens is 248 g/mol. The highest BCUT2D eigenvalue weighted by Gasteiger charge is 2.11. The van der Waals surface area contributed by atoms with Crippen molar-refractivity contribution >= 4 is 43.6 Å². The predicted octanol–water partition coefficient (Wildman–Crippen LogP) is 3.75. The standard InChI is InChI=1S/C16H10N4/c1-2-10-12-8-18-6-4-14(12)20-16(10)15-9(1)11-7-17-5-3-13(11)19-15/h1-8,19-20H. The van der Waals surface area contributed by atoms with Gasteiger partial charge in [-0.15, -0.1) is 0 Å². The van der Waals surface area contributed by atoms with Crippen molar-refractivity contribution in [3.63, 3.8) is 0 Å². The molecule has 0 unspecified atom stereocenters. The molecule has 1 aromatic carbocycles. The van der Waals surface area contributed by atoms with Gasteiger partial charge in [-0.3, -0.25) is 9.97 Å².